The number of nitrogens with one attached hydrogen (secondary N) is 3. The second-order valence-corrected chi connectivity index (χ2v) is 8.96. The van der Waals surface area contributed by atoms with Crippen LogP contribution in [-0.2, 0) is 10.1 Å². The molecule has 192 valence electrons. The zero-order valence-electron chi connectivity index (χ0n) is 19.1. The van der Waals surface area contributed by atoms with Crippen LogP contribution in [0.25, 0.3) is 0 Å². The van der Waals surface area contributed by atoms with Crippen LogP contribution in [0.15, 0.2) is 40.9 Å². The second-order valence-electron chi connectivity index (χ2n) is 7.55. The van der Waals surface area contributed by atoms with Crippen molar-refractivity contribution in [2.75, 3.05) is 13.6 Å². The largest absolute Gasteiger partial charge is 0.357 e. The van der Waals surface area contributed by atoms with E-state index < -0.39 is 33.6 Å². The van der Waals surface area contributed by atoms with Gasteiger partial charge in [-0.2, -0.15) is 0 Å². The van der Waals surface area contributed by atoms with Gasteiger partial charge in [0.25, 0.3) is 23.2 Å². The number of amides is 3. The van der Waals surface area contributed by atoms with E-state index in [2.05, 4.69) is 47.8 Å². The van der Waals surface area contributed by atoms with E-state index in [0.29, 0.717) is 18.4 Å². The fourth-order valence-electron chi connectivity index (χ4n) is 3.24. The monoisotopic (exact) mass is 627 g/mol. The van der Waals surface area contributed by atoms with E-state index in [1.165, 1.54) is 37.4 Å². The first kappa shape index (κ1) is 28.8. The number of nitrogens with zero attached hydrogens (tertiary/aromatic N) is 2. The Kier molecular flexibility index (Phi) is 10.9. The molecular formula is C22H23Br2N5O7. The Morgan fingerprint density at radius 2 is 1.56 bits per heavy atom. The molecule has 2 rings (SSSR count). The molecule has 0 aromatic heterocycles. The van der Waals surface area contributed by atoms with Crippen molar-refractivity contribution in [3.63, 3.8) is 0 Å². The van der Waals surface area contributed by atoms with E-state index in [0.717, 1.165) is 6.07 Å². The number of carbonyl (C=O) groups is 3. The number of carbonyl (C=O) groups excluding carboxylic acids is 3. The number of hydrogen-bond donors (Lipinski definition) is 3. The zero-order valence-corrected chi connectivity index (χ0v) is 22.3. The standard InChI is InChI=1S/C22H23Br2N5O7/c1-25-22(32)17(27-21(31)14-7-8-16(24)19(11-14)29(35)36)4-2-3-9-26-20(30)13-5-6-15(12-23)18(10-13)28(33)34/h5-8,10-11,17H,2-4,9,12H2,1H3,(H,25,32)(H,26,30)(H,27,31). The summed E-state index contributed by atoms with van der Waals surface area (Å²) in [5.74, 6) is -1.54. The van der Waals surface area contributed by atoms with E-state index >= 15 is 0 Å². The van der Waals surface area contributed by atoms with Crippen molar-refractivity contribution in [3.05, 3.63) is 77.8 Å². The van der Waals surface area contributed by atoms with Gasteiger partial charge in [0.15, 0.2) is 0 Å². The summed E-state index contributed by atoms with van der Waals surface area (Å²) in [5.41, 5.74) is 0.218. The van der Waals surface area contributed by atoms with Gasteiger partial charge in [-0.1, -0.05) is 22.0 Å². The summed E-state index contributed by atoms with van der Waals surface area (Å²) < 4.78 is 0.225. The lowest BCUT2D eigenvalue weighted by Gasteiger charge is -2.17. The maximum atomic E-state index is 12.6. The number of benzene rings is 2. The molecule has 3 N–H and O–H groups in total. The number of alkyl halides is 1. The Hall–Kier alpha value is -3.39. The number of likely N-dealkylation sites (N-methyl/N-ethyl adjacent to an activating group) is 1. The first-order valence-corrected chi connectivity index (χ1v) is 12.6. The molecule has 14 heteroatoms. The van der Waals surface area contributed by atoms with Crippen molar-refractivity contribution in [2.45, 2.75) is 30.6 Å². The molecule has 0 aliphatic rings. The summed E-state index contributed by atoms with van der Waals surface area (Å²) in [6, 6.07) is 7.24. The Labute approximate surface area is 222 Å². The molecule has 1 unspecified atom stereocenters. The SMILES string of the molecule is CNC(=O)C(CCCCNC(=O)c1ccc(CBr)c([N+](=O)[O-])c1)NC(=O)c1ccc(Br)c([N+](=O)[O-])c1. The predicted molar refractivity (Wildman–Crippen MR) is 138 cm³/mol. The average molecular weight is 629 g/mol. The third-order valence-corrected chi connectivity index (χ3v) is 6.44. The Morgan fingerprint density at radius 1 is 0.944 bits per heavy atom. The first-order valence-electron chi connectivity index (χ1n) is 10.7. The molecule has 0 spiro atoms. The van der Waals surface area contributed by atoms with Crippen LogP contribution in [0.2, 0.25) is 0 Å². The van der Waals surface area contributed by atoms with Crippen LogP contribution in [0, 0.1) is 20.2 Å². The molecule has 2 aromatic rings. The van der Waals surface area contributed by atoms with Gasteiger partial charge in [-0.25, -0.2) is 0 Å². The maximum Gasteiger partial charge on any atom is 0.284 e. The molecule has 0 fully saturated rings. The molecule has 0 bridgehead atoms. The van der Waals surface area contributed by atoms with E-state index in [1.807, 2.05) is 0 Å². The molecule has 1 atom stereocenters. The van der Waals surface area contributed by atoms with Crippen LogP contribution in [0.4, 0.5) is 11.4 Å². The minimum absolute atomic E-state index is 0.0334. The summed E-state index contributed by atoms with van der Waals surface area (Å²) in [7, 11) is 1.42. The maximum absolute atomic E-state index is 12.6. The van der Waals surface area contributed by atoms with E-state index in [9.17, 15) is 34.6 Å². The van der Waals surface area contributed by atoms with Gasteiger partial charge >= 0.3 is 0 Å². The summed E-state index contributed by atoms with van der Waals surface area (Å²) in [6.07, 6.45) is 1.19. The normalized spacial score (nSPS) is 11.3. The van der Waals surface area contributed by atoms with Crippen molar-refractivity contribution in [1.82, 2.24) is 16.0 Å². The number of unbranched alkanes of at least 4 members (excludes halogenated alkanes) is 1. The molecule has 0 radical (unpaired) electrons. The first-order chi connectivity index (χ1) is 17.1. The summed E-state index contributed by atoms with van der Waals surface area (Å²) >= 11 is 6.23. The van der Waals surface area contributed by atoms with Gasteiger partial charge in [-0.3, -0.25) is 34.6 Å². The highest BCUT2D eigenvalue weighted by Gasteiger charge is 2.22. The Bertz CT molecular complexity index is 1180. The van der Waals surface area contributed by atoms with Crippen LogP contribution in [0.3, 0.4) is 0 Å². The third-order valence-electron chi connectivity index (χ3n) is 5.17. The smallest absolute Gasteiger partial charge is 0.284 e. The highest BCUT2D eigenvalue weighted by molar-refractivity contribution is 9.10. The van der Waals surface area contributed by atoms with Crippen LogP contribution in [-0.4, -0.2) is 47.2 Å². The van der Waals surface area contributed by atoms with Gasteiger partial charge in [0.2, 0.25) is 5.91 Å². The highest BCUT2D eigenvalue weighted by atomic mass is 79.9. The minimum Gasteiger partial charge on any atom is -0.357 e. The Balaban J connectivity index is 1.92. The van der Waals surface area contributed by atoms with Gasteiger partial charge in [0, 0.05) is 47.7 Å². The second kappa shape index (κ2) is 13.6. The number of rotatable bonds is 12. The summed E-state index contributed by atoms with van der Waals surface area (Å²) in [5, 5.41) is 30.3. The molecule has 0 saturated heterocycles. The number of halogens is 2. The molecule has 12 nitrogen and oxygen atoms in total. The highest BCUT2D eigenvalue weighted by Crippen LogP contribution is 2.26. The van der Waals surface area contributed by atoms with Crippen LogP contribution >= 0.6 is 31.9 Å². The van der Waals surface area contributed by atoms with Crippen molar-refractivity contribution in [3.8, 4) is 0 Å². The molecule has 3 amide bonds. The van der Waals surface area contributed by atoms with Crippen LogP contribution < -0.4 is 16.0 Å². The predicted octanol–water partition coefficient (Wildman–Crippen LogP) is 3.61. The van der Waals surface area contributed by atoms with Crippen molar-refractivity contribution >= 4 is 61.0 Å². The fourth-order valence-corrected chi connectivity index (χ4v) is 4.11. The van der Waals surface area contributed by atoms with Gasteiger partial charge in [-0.15, -0.1) is 0 Å². The van der Waals surface area contributed by atoms with Crippen LogP contribution in [0.5, 0.6) is 0 Å². The van der Waals surface area contributed by atoms with Crippen molar-refractivity contribution in [2.24, 2.45) is 0 Å². The number of nitro groups is 2. The molecular weight excluding hydrogens is 606 g/mol. The number of hydrogen-bond acceptors (Lipinski definition) is 7. The molecule has 0 saturated carbocycles. The lowest BCUT2D eigenvalue weighted by Crippen LogP contribution is -2.45. The summed E-state index contributed by atoms with van der Waals surface area (Å²) in [6.45, 7) is 0.250. The molecule has 0 aliphatic carbocycles. The van der Waals surface area contributed by atoms with Crippen molar-refractivity contribution < 1.29 is 24.2 Å². The topological polar surface area (TPSA) is 174 Å². The summed E-state index contributed by atoms with van der Waals surface area (Å²) in [4.78, 5) is 58.3. The lowest BCUT2D eigenvalue weighted by molar-refractivity contribution is -0.385. The fraction of sp³-hybridized carbons (Fsp3) is 0.318. The van der Waals surface area contributed by atoms with E-state index in [1.54, 1.807) is 0 Å². The van der Waals surface area contributed by atoms with Crippen molar-refractivity contribution in [1.29, 1.82) is 0 Å². The van der Waals surface area contributed by atoms with E-state index in [4.69, 9.17) is 0 Å². The average Bonchev–Trinajstić information content (AvgIpc) is 2.86. The third kappa shape index (κ3) is 7.81. The van der Waals surface area contributed by atoms with Gasteiger partial charge in [-0.05, 0) is 53.4 Å². The molecule has 36 heavy (non-hydrogen) atoms. The Morgan fingerprint density at radius 3 is 2.17 bits per heavy atom. The van der Waals surface area contributed by atoms with Gasteiger partial charge < -0.3 is 16.0 Å². The molecule has 2 aromatic carbocycles. The number of nitro benzene ring substituents is 2. The zero-order chi connectivity index (χ0) is 26.8. The lowest BCUT2D eigenvalue weighted by atomic mass is 10.1. The quantitative estimate of drug-likeness (QED) is 0.139. The molecule has 0 heterocycles. The van der Waals surface area contributed by atoms with Crippen LogP contribution in [0.1, 0.15) is 45.5 Å². The minimum atomic E-state index is -0.889. The van der Waals surface area contributed by atoms with Gasteiger partial charge in [0.1, 0.15) is 6.04 Å². The van der Waals surface area contributed by atoms with Gasteiger partial charge in [0.05, 0.1) is 14.3 Å². The van der Waals surface area contributed by atoms with E-state index in [-0.39, 0.29) is 45.3 Å². The molecule has 0 aliphatic heterocycles.